The predicted molar refractivity (Wildman–Crippen MR) is 121 cm³/mol. The van der Waals surface area contributed by atoms with Crippen LogP contribution in [0.15, 0.2) is 59.6 Å². The van der Waals surface area contributed by atoms with Crippen LogP contribution < -0.4 is 0 Å². The van der Waals surface area contributed by atoms with Gasteiger partial charge in [-0.15, -0.1) is 0 Å². The molecule has 3 heterocycles. The molecule has 0 amide bonds. The summed E-state index contributed by atoms with van der Waals surface area (Å²) >= 11 is 0. The second-order valence-corrected chi connectivity index (χ2v) is 10.8. The molecule has 2 aliphatic rings. The van der Waals surface area contributed by atoms with E-state index in [1.54, 1.807) is 18.3 Å². The fourth-order valence-electron chi connectivity index (χ4n) is 4.88. The van der Waals surface area contributed by atoms with Gasteiger partial charge in [-0.1, -0.05) is 24.3 Å². The molecular formula is C25H22FN3O2S. The van der Waals surface area contributed by atoms with Crippen molar-refractivity contribution in [3.05, 3.63) is 77.6 Å². The number of nitrogens with zero attached hydrogens (tertiary/aromatic N) is 3. The van der Waals surface area contributed by atoms with Gasteiger partial charge in [-0.05, 0) is 43.0 Å². The van der Waals surface area contributed by atoms with Crippen LogP contribution >= 0.6 is 0 Å². The third kappa shape index (κ3) is 3.14. The largest absolute Gasteiger partial charge is 0.320 e. The van der Waals surface area contributed by atoms with Crippen LogP contribution in [0.4, 0.5) is 4.39 Å². The number of benzene rings is 2. The maximum atomic E-state index is 15.0. The summed E-state index contributed by atoms with van der Waals surface area (Å²) in [5, 5.41) is 0. The summed E-state index contributed by atoms with van der Waals surface area (Å²) < 4.78 is 41.9. The van der Waals surface area contributed by atoms with Crippen LogP contribution in [0, 0.1) is 5.82 Å². The Morgan fingerprint density at radius 3 is 2.59 bits per heavy atom. The van der Waals surface area contributed by atoms with E-state index in [2.05, 4.69) is 14.5 Å². The minimum absolute atomic E-state index is 0.158. The molecule has 0 N–H and O–H groups in total. The first-order chi connectivity index (χ1) is 15.4. The molecule has 1 unspecified atom stereocenters. The highest BCUT2D eigenvalue weighted by molar-refractivity contribution is 7.90. The third-order valence-corrected chi connectivity index (χ3v) is 7.75. The van der Waals surface area contributed by atoms with Gasteiger partial charge in [0.2, 0.25) is 0 Å². The van der Waals surface area contributed by atoms with E-state index in [0.717, 1.165) is 34.6 Å². The molecule has 2 aromatic carbocycles. The summed E-state index contributed by atoms with van der Waals surface area (Å²) in [6.07, 6.45) is 6.80. The maximum Gasteiger partial charge on any atom is 0.175 e. The van der Waals surface area contributed by atoms with E-state index >= 15 is 4.39 Å². The van der Waals surface area contributed by atoms with Crippen molar-refractivity contribution in [2.24, 2.45) is 0 Å². The molecule has 1 aliphatic carbocycles. The third-order valence-electron chi connectivity index (χ3n) is 6.57. The summed E-state index contributed by atoms with van der Waals surface area (Å²) in [7, 11) is -3.38. The van der Waals surface area contributed by atoms with Crippen LogP contribution in [0.2, 0.25) is 0 Å². The lowest BCUT2D eigenvalue weighted by Crippen LogP contribution is -2.11. The van der Waals surface area contributed by atoms with Gasteiger partial charge in [-0.2, -0.15) is 0 Å². The summed E-state index contributed by atoms with van der Waals surface area (Å²) in [6.45, 7) is 0. The summed E-state index contributed by atoms with van der Waals surface area (Å²) in [4.78, 5) is 9.54. The molecule has 0 spiro atoms. The van der Waals surface area contributed by atoms with E-state index in [-0.39, 0.29) is 11.9 Å². The molecule has 1 fully saturated rings. The molecule has 162 valence electrons. The highest BCUT2D eigenvalue weighted by Crippen LogP contribution is 2.41. The smallest absolute Gasteiger partial charge is 0.175 e. The number of sulfone groups is 1. The summed E-state index contributed by atoms with van der Waals surface area (Å²) in [5.41, 5.74) is 4.44. The second-order valence-electron chi connectivity index (χ2n) is 8.83. The molecule has 1 atom stereocenters. The van der Waals surface area contributed by atoms with Crippen LogP contribution in [0.5, 0.6) is 0 Å². The molecule has 6 rings (SSSR count). The molecule has 5 nitrogen and oxygen atoms in total. The van der Waals surface area contributed by atoms with Gasteiger partial charge in [-0.3, -0.25) is 4.98 Å². The second kappa shape index (κ2) is 6.97. The number of pyridine rings is 1. The van der Waals surface area contributed by atoms with Crippen molar-refractivity contribution in [3.63, 3.8) is 0 Å². The Balaban J connectivity index is 1.49. The zero-order valence-corrected chi connectivity index (χ0v) is 18.4. The molecule has 0 bridgehead atoms. The van der Waals surface area contributed by atoms with Crippen molar-refractivity contribution < 1.29 is 12.8 Å². The zero-order valence-electron chi connectivity index (χ0n) is 17.6. The number of hydrogen-bond acceptors (Lipinski definition) is 4. The Morgan fingerprint density at radius 1 is 1.06 bits per heavy atom. The standard InChI is InChI=1S/C25H22FN3O2S/c1-32(30,31)24-5-3-2-4-17(24)22-10-11-25-28-21-13-19(26)18(12-23(21)29(22)25)16-8-9-20(27-14-16)15-6-7-15/h2-5,8-9,12-15,22H,6-7,10-11H2,1H3. The Bertz CT molecular complexity index is 1470. The molecule has 0 radical (unpaired) electrons. The van der Waals surface area contributed by atoms with Gasteiger partial charge in [0.1, 0.15) is 11.6 Å². The van der Waals surface area contributed by atoms with Gasteiger partial charge < -0.3 is 4.57 Å². The number of halogens is 1. The number of aromatic nitrogens is 3. The molecule has 1 saturated carbocycles. The highest BCUT2D eigenvalue weighted by atomic mass is 32.2. The maximum absolute atomic E-state index is 15.0. The van der Waals surface area contributed by atoms with Gasteiger partial charge in [0.05, 0.1) is 22.0 Å². The lowest BCUT2D eigenvalue weighted by Gasteiger charge is -2.18. The van der Waals surface area contributed by atoms with Crippen molar-refractivity contribution >= 4 is 20.9 Å². The monoisotopic (exact) mass is 447 g/mol. The zero-order chi connectivity index (χ0) is 22.0. The molecule has 4 aromatic rings. The first kappa shape index (κ1) is 19.6. The van der Waals surface area contributed by atoms with Gasteiger partial charge in [-0.25, -0.2) is 17.8 Å². The average Bonchev–Trinajstić information content (AvgIpc) is 3.45. The molecular weight excluding hydrogens is 425 g/mol. The quantitative estimate of drug-likeness (QED) is 0.439. The van der Waals surface area contributed by atoms with Crippen molar-refractivity contribution in [1.82, 2.24) is 14.5 Å². The lowest BCUT2D eigenvalue weighted by atomic mass is 10.0. The molecule has 1 aliphatic heterocycles. The Morgan fingerprint density at radius 2 is 1.88 bits per heavy atom. The molecule has 2 aromatic heterocycles. The first-order valence-electron chi connectivity index (χ1n) is 10.9. The Kier molecular flexibility index (Phi) is 4.27. The Hall–Kier alpha value is -3.06. The van der Waals surface area contributed by atoms with Crippen LogP contribution in [-0.4, -0.2) is 29.2 Å². The fourth-order valence-corrected chi connectivity index (χ4v) is 5.84. The number of aryl methyl sites for hydroxylation is 1. The van der Waals surface area contributed by atoms with E-state index in [1.807, 2.05) is 30.3 Å². The summed E-state index contributed by atoms with van der Waals surface area (Å²) in [5.74, 6) is 1.07. The van der Waals surface area contributed by atoms with E-state index in [4.69, 9.17) is 0 Å². The molecule has 7 heteroatoms. The Labute approximate surface area is 185 Å². The fraction of sp³-hybridized carbons (Fsp3) is 0.280. The number of imidazole rings is 1. The predicted octanol–water partition coefficient (Wildman–Crippen LogP) is 5.05. The topological polar surface area (TPSA) is 64.8 Å². The van der Waals surface area contributed by atoms with Gasteiger partial charge in [0.15, 0.2) is 9.84 Å². The van der Waals surface area contributed by atoms with E-state index in [9.17, 15) is 8.42 Å². The van der Waals surface area contributed by atoms with E-state index < -0.39 is 9.84 Å². The van der Waals surface area contributed by atoms with Crippen molar-refractivity contribution in [2.75, 3.05) is 6.26 Å². The minimum atomic E-state index is -3.38. The number of rotatable bonds is 4. The average molecular weight is 448 g/mol. The SMILES string of the molecule is CS(=O)(=O)c1ccccc1C1CCc2nc3cc(F)c(-c4ccc(C5CC5)nc4)cc3n21. The van der Waals surface area contributed by atoms with Gasteiger partial charge in [0, 0.05) is 47.7 Å². The van der Waals surface area contributed by atoms with Crippen LogP contribution in [0.1, 0.15) is 48.3 Å². The molecule has 32 heavy (non-hydrogen) atoms. The lowest BCUT2D eigenvalue weighted by molar-refractivity contribution is 0.589. The number of hydrogen-bond donors (Lipinski definition) is 0. The van der Waals surface area contributed by atoms with E-state index in [1.165, 1.54) is 25.2 Å². The van der Waals surface area contributed by atoms with Crippen molar-refractivity contribution in [3.8, 4) is 11.1 Å². The normalized spacial score (nSPS) is 18.2. The van der Waals surface area contributed by atoms with Crippen LogP contribution in [-0.2, 0) is 16.3 Å². The van der Waals surface area contributed by atoms with Gasteiger partial charge in [0.25, 0.3) is 0 Å². The highest BCUT2D eigenvalue weighted by Gasteiger charge is 2.31. The minimum Gasteiger partial charge on any atom is -0.320 e. The summed E-state index contributed by atoms with van der Waals surface area (Å²) in [6, 6.07) is 14.2. The molecule has 0 saturated heterocycles. The van der Waals surface area contributed by atoms with Gasteiger partial charge >= 0.3 is 0 Å². The number of fused-ring (bicyclic) bond motifs is 3. The first-order valence-corrected chi connectivity index (χ1v) is 12.7. The van der Waals surface area contributed by atoms with Crippen molar-refractivity contribution in [2.45, 2.75) is 42.5 Å². The van der Waals surface area contributed by atoms with E-state index in [0.29, 0.717) is 28.3 Å². The van der Waals surface area contributed by atoms with Crippen molar-refractivity contribution in [1.29, 1.82) is 0 Å². The van der Waals surface area contributed by atoms with Crippen LogP contribution in [0.25, 0.3) is 22.2 Å². The van der Waals surface area contributed by atoms with Crippen LogP contribution in [0.3, 0.4) is 0 Å².